The van der Waals surface area contributed by atoms with Crippen LogP contribution in [0.15, 0.2) is 64.5 Å². The summed E-state index contributed by atoms with van der Waals surface area (Å²) in [6.45, 7) is 1.99. The van der Waals surface area contributed by atoms with Crippen molar-refractivity contribution in [3.8, 4) is 0 Å². The van der Waals surface area contributed by atoms with Crippen LogP contribution >= 0.6 is 11.8 Å². The topological polar surface area (TPSA) is 37.4 Å². The molecule has 1 aliphatic heterocycles. The number of carbonyl (C=O) groups is 2. The van der Waals surface area contributed by atoms with E-state index >= 15 is 0 Å². The van der Waals surface area contributed by atoms with Gasteiger partial charge in [-0.2, -0.15) is 0 Å². The molecule has 2 aromatic rings. The maximum absolute atomic E-state index is 12.3. The van der Waals surface area contributed by atoms with Gasteiger partial charge in [0.05, 0.1) is 4.91 Å². The highest BCUT2D eigenvalue weighted by molar-refractivity contribution is 8.04. The van der Waals surface area contributed by atoms with Crippen LogP contribution in [0.2, 0.25) is 0 Å². The van der Waals surface area contributed by atoms with Gasteiger partial charge in [0.15, 0.2) is 0 Å². The van der Waals surface area contributed by atoms with Crippen LogP contribution in [-0.4, -0.2) is 12.2 Å². The molecule has 1 heterocycles. The van der Waals surface area contributed by atoms with E-state index in [-0.39, 0.29) is 5.78 Å². The number of ketones is 1. The number of Topliss-reactive ketones (excluding diaryl/α,β-unsaturated/α-hetero) is 1. The Labute approximate surface area is 127 Å². The molecule has 2 aromatic carbocycles. The molecule has 1 aliphatic rings. The van der Waals surface area contributed by atoms with Crippen molar-refractivity contribution in [2.75, 3.05) is 4.90 Å². The Kier molecular flexibility index (Phi) is 3.62. The number of anilines is 1. The Morgan fingerprint density at radius 2 is 1.76 bits per heavy atom. The molecule has 0 unspecified atom stereocenters. The van der Waals surface area contributed by atoms with Gasteiger partial charge in [-0.1, -0.05) is 41.6 Å². The number of aryl methyl sites for hydroxylation is 1. The molecule has 0 fully saturated rings. The van der Waals surface area contributed by atoms with E-state index in [1.165, 1.54) is 16.7 Å². The molecule has 0 aliphatic carbocycles. The van der Waals surface area contributed by atoms with Gasteiger partial charge in [-0.25, -0.2) is 0 Å². The summed E-state index contributed by atoms with van der Waals surface area (Å²) in [6.07, 6.45) is 2.32. The molecule has 3 nitrogen and oxygen atoms in total. The lowest BCUT2D eigenvalue weighted by Crippen LogP contribution is -2.14. The fourth-order valence-corrected chi connectivity index (χ4v) is 3.16. The largest absolute Gasteiger partial charge is 0.289 e. The maximum Gasteiger partial charge on any atom is 0.218 e. The van der Waals surface area contributed by atoms with Crippen molar-refractivity contribution in [2.45, 2.75) is 11.8 Å². The highest BCUT2D eigenvalue weighted by Gasteiger charge is 2.26. The Balaban J connectivity index is 1.93. The van der Waals surface area contributed by atoms with Crippen LogP contribution in [0.3, 0.4) is 0 Å². The zero-order chi connectivity index (χ0) is 14.8. The molecule has 0 spiro atoms. The summed E-state index contributed by atoms with van der Waals surface area (Å²) in [6, 6.07) is 15.1. The summed E-state index contributed by atoms with van der Waals surface area (Å²) in [5.41, 5.74) is 2.56. The van der Waals surface area contributed by atoms with Crippen LogP contribution in [0.25, 0.3) is 0 Å². The molecule has 0 aromatic heterocycles. The number of carbonyl (C=O) groups excluding carboxylic acids is 2. The van der Waals surface area contributed by atoms with Crippen LogP contribution < -0.4 is 4.90 Å². The summed E-state index contributed by atoms with van der Waals surface area (Å²) in [7, 11) is 0. The second kappa shape index (κ2) is 5.58. The predicted molar refractivity (Wildman–Crippen MR) is 84.4 cm³/mol. The number of hydrogen-bond donors (Lipinski definition) is 0. The number of nitrogens with zero attached hydrogens (tertiary/aromatic N) is 1. The zero-order valence-electron chi connectivity index (χ0n) is 11.4. The third kappa shape index (κ3) is 2.62. The molecular weight excluding hydrogens is 282 g/mol. The minimum atomic E-state index is -0.0328. The standard InChI is InChI=1S/C17H13NO2S/c1-12-6-8-13(9-7-12)18(11-19)10-16-17(20)14-4-2-3-5-15(14)21-16/h2-11H,1H3. The lowest BCUT2D eigenvalue weighted by molar-refractivity contribution is -0.106. The predicted octanol–water partition coefficient (Wildman–Crippen LogP) is 3.79. The van der Waals surface area contributed by atoms with Crippen LogP contribution in [0, 0.1) is 6.92 Å². The minimum Gasteiger partial charge on any atom is -0.289 e. The van der Waals surface area contributed by atoms with E-state index in [1.54, 1.807) is 6.20 Å². The molecule has 21 heavy (non-hydrogen) atoms. The van der Waals surface area contributed by atoms with Crippen molar-refractivity contribution >= 4 is 29.6 Å². The van der Waals surface area contributed by atoms with Gasteiger partial charge in [-0.3, -0.25) is 14.5 Å². The lowest BCUT2D eigenvalue weighted by atomic mass is 10.1. The third-order valence-corrected chi connectivity index (χ3v) is 4.36. The summed E-state index contributed by atoms with van der Waals surface area (Å²) in [4.78, 5) is 26.5. The zero-order valence-corrected chi connectivity index (χ0v) is 12.3. The third-order valence-electron chi connectivity index (χ3n) is 3.28. The van der Waals surface area contributed by atoms with Gasteiger partial charge in [0, 0.05) is 22.3 Å². The summed E-state index contributed by atoms with van der Waals surface area (Å²) < 4.78 is 0. The van der Waals surface area contributed by atoms with Gasteiger partial charge in [0.25, 0.3) is 0 Å². The Hall–Kier alpha value is -2.33. The SMILES string of the molecule is Cc1ccc(N(C=O)C=C2Sc3ccccc3C2=O)cc1. The quantitative estimate of drug-likeness (QED) is 0.638. The summed E-state index contributed by atoms with van der Waals surface area (Å²) >= 11 is 1.40. The molecule has 4 heteroatoms. The summed E-state index contributed by atoms with van der Waals surface area (Å²) in [5.74, 6) is -0.0328. The van der Waals surface area contributed by atoms with Gasteiger partial charge in [-0.15, -0.1) is 0 Å². The van der Waals surface area contributed by atoms with Crippen molar-refractivity contribution < 1.29 is 9.59 Å². The Bertz CT molecular complexity index is 735. The Morgan fingerprint density at radius 1 is 1.05 bits per heavy atom. The average Bonchev–Trinajstić information content (AvgIpc) is 2.83. The fourth-order valence-electron chi connectivity index (χ4n) is 2.13. The van der Waals surface area contributed by atoms with Crippen LogP contribution in [0.5, 0.6) is 0 Å². The molecule has 104 valence electrons. The van der Waals surface area contributed by atoms with E-state index in [0.717, 1.165) is 16.1 Å². The number of amides is 1. The number of allylic oxidation sites excluding steroid dienone is 1. The number of hydrogen-bond acceptors (Lipinski definition) is 3. The number of fused-ring (bicyclic) bond motifs is 1. The van der Waals surface area contributed by atoms with E-state index in [4.69, 9.17) is 0 Å². The highest BCUT2D eigenvalue weighted by atomic mass is 32.2. The van der Waals surface area contributed by atoms with Gasteiger partial charge in [0.1, 0.15) is 0 Å². The first-order valence-corrected chi connectivity index (χ1v) is 7.34. The molecule has 0 saturated carbocycles. The first-order valence-electron chi connectivity index (χ1n) is 6.53. The molecule has 1 amide bonds. The molecule has 0 N–H and O–H groups in total. The summed E-state index contributed by atoms with van der Waals surface area (Å²) in [5, 5.41) is 0. The maximum atomic E-state index is 12.3. The minimum absolute atomic E-state index is 0.0328. The van der Waals surface area contributed by atoms with Gasteiger partial charge < -0.3 is 0 Å². The monoisotopic (exact) mass is 295 g/mol. The normalized spacial score (nSPS) is 15.1. The second-order valence-corrected chi connectivity index (χ2v) is 5.85. The van der Waals surface area contributed by atoms with Crippen molar-refractivity contribution in [1.29, 1.82) is 0 Å². The van der Waals surface area contributed by atoms with E-state index in [9.17, 15) is 9.59 Å². The van der Waals surface area contributed by atoms with Crippen LogP contribution in [-0.2, 0) is 4.79 Å². The van der Waals surface area contributed by atoms with Crippen molar-refractivity contribution in [2.24, 2.45) is 0 Å². The molecule has 0 bridgehead atoms. The molecular formula is C17H13NO2S. The van der Waals surface area contributed by atoms with E-state index in [2.05, 4.69) is 0 Å². The van der Waals surface area contributed by atoms with Crippen LogP contribution in [0.1, 0.15) is 15.9 Å². The lowest BCUT2D eigenvalue weighted by Gasteiger charge is -2.13. The van der Waals surface area contributed by atoms with E-state index in [1.807, 2.05) is 55.5 Å². The van der Waals surface area contributed by atoms with Gasteiger partial charge in [-0.05, 0) is 31.2 Å². The first kappa shape index (κ1) is 13.6. The van der Waals surface area contributed by atoms with E-state index < -0.39 is 0 Å². The average molecular weight is 295 g/mol. The second-order valence-electron chi connectivity index (χ2n) is 4.77. The van der Waals surface area contributed by atoms with Crippen molar-refractivity contribution in [3.05, 3.63) is 70.8 Å². The highest BCUT2D eigenvalue weighted by Crippen LogP contribution is 2.39. The van der Waals surface area contributed by atoms with Gasteiger partial charge in [0.2, 0.25) is 12.2 Å². The number of rotatable bonds is 3. The number of thioether (sulfide) groups is 1. The Morgan fingerprint density at radius 3 is 2.43 bits per heavy atom. The molecule has 3 rings (SSSR count). The van der Waals surface area contributed by atoms with Crippen molar-refractivity contribution in [1.82, 2.24) is 0 Å². The molecule has 0 saturated heterocycles. The first-order chi connectivity index (χ1) is 10.2. The van der Waals surface area contributed by atoms with Crippen molar-refractivity contribution in [3.63, 3.8) is 0 Å². The van der Waals surface area contributed by atoms with Crippen LogP contribution in [0.4, 0.5) is 5.69 Å². The number of benzene rings is 2. The smallest absolute Gasteiger partial charge is 0.218 e. The van der Waals surface area contributed by atoms with Gasteiger partial charge >= 0.3 is 0 Å². The fraction of sp³-hybridized carbons (Fsp3) is 0.0588. The molecule has 0 atom stereocenters. The molecule has 0 radical (unpaired) electrons. The van der Waals surface area contributed by atoms with E-state index in [0.29, 0.717) is 16.9 Å².